The predicted molar refractivity (Wildman–Crippen MR) is 61.9 cm³/mol. The minimum atomic E-state index is -1.07. The van der Waals surface area contributed by atoms with Crippen LogP contribution in [0.1, 0.15) is 16.1 Å². The summed E-state index contributed by atoms with van der Waals surface area (Å²) in [6.07, 6.45) is 1.34. The third-order valence-corrected chi connectivity index (χ3v) is 2.29. The summed E-state index contributed by atoms with van der Waals surface area (Å²) in [7, 11) is 1.51. The summed E-state index contributed by atoms with van der Waals surface area (Å²) in [5.74, 6) is -0.849. The summed E-state index contributed by atoms with van der Waals surface area (Å²) in [4.78, 5) is 26.5. The lowest BCUT2D eigenvalue weighted by Crippen LogP contribution is -2.15. The quantitative estimate of drug-likeness (QED) is 0.817. The van der Waals surface area contributed by atoms with Gasteiger partial charge in [-0.15, -0.1) is 0 Å². The van der Waals surface area contributed by atoms with Gasteiger partial charge in [0.2, 0.25) is 0 Å². The standard InChI is InChI=1S/C11H11N3O4/c1-18-6-8-5-10(15)14(13-8)9-4-7(11(16)17)2-3-12-9/h2-5,13H,6H2,1H3,(H,16,17). The third-order valence-electron chi connectivity index (χ3n) is 2.29. The number of rotatable bonds is 4. The van der Waals surface area contributed by atoms with Gasteiger partial charge in [0.05, 0.1) is 17.9 Å². The molecule has 2 heterocycles. The molecule has 0 bridgehead atoms. The van der Waals surface area contributed by atoms with Crippen LogP contribution in [-0.2, 0) is 11.3 Å². The summed E-state index contributed by atoms with van der Waals surface area (Å²) in [6.45, 7) is 0.265. The van der Waals surface area contributed by atoms with Crippen molar-refractivity contribution in [2.75, 3.05) is 7.11 Å². The number of ether oxygens (including phenoxy) is 1. The van der Waals surface area contributed by atoms with Crippen LogP contribution in [-0.4, -0.2) is 33.0 Å². The van der Waals surface area contributed by atoms with E-state index in [2.05, 4.69) is 10.1 Å². The van der Waals surface area contributed by atoms with Crippen molar-refractivity contribution in [2.24, 2.45) is 0 Å². The maximum absolute atomic E-state index is 11.7. The second-order valence-electron chi connectivity index (χ2n) is 3.60. The van der Waals surface area contributed by atoms with Gasteiger partial charge in [-0.2, -0.15) is 0 Å². The molecule has 0 amide bonds. The Balaban J connectivity index is 2.45. The molecule has 0 saturated heterocycles. The molecule has 7 nitrogen and oxygen atoms in total. The number of H-pyrrole nitrogens is 1. The number of hydrogen-bond donors (Lipinski definition) is 2. The Kier molecular flexibility index (Phi) is 3.24. The number of carboxylic acid groups (broad SMARTS) is 1. The molecule has 2 aromatic heterocycles. The van der Waals surface area contributed by atoms with Crippen molar-refractivity contribution in [3.05, 3.63) is 46.0 Å². The first kappa shape index (κ1) is 12.1. The monoisotopic (exact) mass is 249 g/mol. The van der Waals surface area contributed by atoms with E-state index in [1.165, 1.54) is 36.2 Å². The molecular formula is C11H11N3O4. The first-order valence-corrected chi connectivity index (χ1v) is 5.11. The number of carbonyl (C=O) groups is 1. The number of aromatic carboxylic acids is 1. The zero-order valence-corrected chi connectivity index (χ0v) is 9.58. The van der Waals surface area contributed by atoms with Crippen LogP contribution in [0.3, 0.4) is 0 Å². The van der Waals surface area contributed by atoms with E-state index in [4.69, 9.17) is 9.84 Å². The van der Waals surface area contributed by atoms with Gasteiger partial charge in [0.25, 0.3) is 5.56 Å². The molecule has 2 aromatic rings. The van der Waals surface area contributed by atoms with E-state index in [0.29, 0.717) is 5.69 Å². The van der Waals surface area contributed by atoms with Gasteiger partial charge >= 0.3 is 5.97 Å². The lowest BCUT2D eigenvalue weighted by Gasteiger charge is -2.02. The number of aromatic amines is 1. The van der Waals surface area contributed by atoms with Crippen LogP contribution in [0, 0.1) is 0 Å². The van der Waals surface area contributed by atoms with Crippen molar-refractivity contribution in [1.29, 1.82) is 0 Å². The highest BCUT2D eigenvalue weighted by Gasteiger charge is 2.09. The van der Waals surface area contributed by atoms with Crippen molar-refractivity contribution in [1.82, 2.24) is 14.8 Å². The van der Waals surface area contributed by atoms with Crippen molar-refractivity contribution in [3.63, 3.8) is 0 Å². The molecule has 0 aromatic carbocycles. The molecule has 2 N–H and O–H groups in total. The van der Waals surface area contributed by atoms with Gasteiger partial charge in [-0.3, -0.25) is 9.89 Å². The van der Waals surface area contributed by atoms with E-state index in [1.54, 1.807) is 0 Å². The molecule has 0 aliphatic rings. The average molecular weight is 249 g/mol. The maximum Gasteiger partial charge on any atom is 0.335 e. The summed E-state index contributed by atoms with van der Waals surface area (Å²) >= 11 is 0. The van der Waals surface area contributed by atoms with E-state index in [-0.39, 0.29) is 23.5 Å². The lowest BCUT2D eigenvalue weighted by atomic mass is 10.3. The normalized spacial score (nSPS) is 10.5. The number of methoxy groups -OCH3 is 1. The van der Waals surface area contributed by atoms with E-state index in [1.807, 2.05) is 0 Å². The summed E-state index contributed by atoms with van der Waals surface area (Å²) in [5.41, 5.74) is 0.330. The van der Waals surface area contributed by atoms with Crippen LogP contribution in [0.4, 0.5) is 0 Å². The molecule has 0 spiro atoms. The second kappa shape index (κ2) is 4.84. The van der Waals surface area contributed by atoms with Crippen molar-refractivity contribution >= 4 is 5.97 Å². The number of nitrogens with one attached hydrogen (secondary N) is 1. The van der Waals surface area contributed by atoms with Crippen molar-refractivity contribution in [2.45, 2.75) is 6.61 Å². The Bertz CT molecular complexity index is 629. The maximum atomic E-state index is 11.7. The first-order valence-electron chi connectivity index (χ1n) is 5.11. The zero-order chi connectivity index (χ0) is 13.1. The molecule has 7 heteroatoms. The highest BCUT2D eigenvalue weighted by molar-refractivity contribution is 5.87. The summed E-state index contributed by atoms with van der Waals surface area (Å²) < 4.78 is 6.06. The fourth-order valence-corrected chi connectivity index (χ4v) is 1.52. The average Bonchev–Trinajstić information content (AvgIpc) is 2.71. The Morgan fingerprint density at radius 1 is 1.56 bits per heavy atom. The molecular weight excluding hydrogens is 238 g/mol. The van der Waals surface area contributed by atoms with Crippen LogP contribution in [0.25, 0.3) is 5.82 Å². The summed E-state index contributed by atoms with van der Waals surface area (Å²) in [5, 5.41) is 11.7. The lowest BCUT2D eigenvalue weighted by molar-refractivity contribution is 0.0696. The third kappa shape index (κ3) is 2.30. The van der Waals surface area contributed by atoms with Crippen LogP contribution in [0.5, 0.6) is 0 Å². The van der Waals surface area contributed by atoms with Crippen molar-refractivity contribution < 1.29 is 14.6 Å². The first-order chi connectivity index (χ1) is 8.61. The van der Waals surface area contributed by atoms with Gasteiger partial charge in [-0.1, -0.05) is 0 Å². The number of hydrogen-bond acceptors (Lipinski definition) is 4. The molecule has 0 unspecified atom stereocenters. The van der Waals surface area contributed by atoms with Gasteiger partial charge in [0.1, 0.15) is 0 Å². The molecule has 0 saturated carbocycles. The number of aromatic nitrogens is 3. The summed E-state index contributed by atoms with van der Waals surface area (Å²) in [6, 6.07) is 4.05. The van der Waals surface area contributed by atoms with Crippen molar-refractivity contribution in [3.8, 4) is 5.82 Å². The molecule has 0 aliphatic carbocycles. The molecule has 0 radical (unpaired) electrons. The van der Waals surface area contributed by atoms with Crippen LogP contribution < -0.4 is 5.56 Å². The highest BCUT2D eigenvalue weighted by Crippen LogP contribution is 2.05. The molecule has 0 aliphatic heterocycles. The highest BCUT2D eigenvalue weighted by atomic mass is 16.5. The predicted octanol–water partition coefficient (Wildman–Crippen LogP) is 0.405. The van der Waals surface area contributed by atoms with Crippen LogP contribution in [0.2, 0.25) is 0 Å². The van der Waals surface area contributed by atoms with Gasteiger partial charge in [0, 0.05) is 19.4 Å². The molecule has 0 fully saturated rings. The Labute approximate surface area is 102 Å². The number of carboxylic acids is 1. The Hall–Kier alpha value is -2.41. The van der Waals surface area contributed by atoms with E-state index < -0.39 is 5.97 Å². The molecule has 2 rings (SSSR count). The van der Waals surface area contributed by atoms with Crippen LogP contribution in [0.15, 0.2) is 29.2 Å². The number of pyridine rings is 1. The van der Waals surface area contributed by atoms with Gasteiger partial charge in [0.15, 0.2) is 5.82 Å². The Morgan fingerprint density at radius 2 is 2.33 bits per heavy atom. The zero-order valence-electron chi connectivity index (χ0n) is 9.58. The van der Waals surface area contributed by atoms with E-state index in [9.17, 15) is 9.59 Å². The minimum Gasteiger partial charge on any atom is -0.478 e. The van der Waals surface area contributed by atoms with E-state index >= 15 is 0 Å². The van der Waals surface area contributed by atoms with Gasteiger partial charge in [-0.05, 0) is 12.1 Å². The Morgan fingerprint density at radius 3 is 3.00 bits per heavy atom. The fourth-order valence-electron chi connectivity index (χ4n) is 1.52. The fraction of sp³-hybridized carbons (Fsp3) is 0.182. The molecule has 94 valence electrons. The topological polar surface area (TPSA) is 97.2 Å². The minimum absolute atomic E-state index is 0.0646. The van der Waals surface area contributed by atoms with Crippen LogP contribution >= 0.6 is 0 Å². The van der Waals surface area contributed by atoms with E-state index in [0.717, 1.165) is 0 Å². The second-order valence-corrected chi connectivity index (χ2v) is 3.60. The van der Waals surface area contributed by atoms with Gasteiger partial charge < -0.3 is 9.84 Å². The smallest absolute Gasteiger partial charge is 0.335 e. The molecule has 0 atom stereocenters. The number of nitrogens with zero attached hydrogens (tertiary/aromatic N) is 2. The van der Waals surface area contributed by atoms with Gasteiger partial charge in [-0.25, -0.2) is 14.5 Å². The SMILES string of the molecule is COCc1cc(=O)n(-c2cc(C(=O)O)ccn2)[nH]1. The largest absolute Gasteiger partial charge is 0.478 e. The molecule has 18 heavy (non-hydrogen) atoms.